The Labute approximate surface area is 181 Å². The van der Waals surface area contributed by atoms with Crippen molar-refractivity contribution < 1.29 is 51.2 Å². The molecule has 182 valence electrons. The minimum atomic E-state index is -5.70. The molecule has 0 aliphatic carbocycles. The van der Waals surface area contributed by atoms with Crippen LogP contribution in [-0.4, -0.2) is 57.8 Å². The number of aromatic amines is 1. The monoisotopic (exact) mass is 532 g/mol. The number of anilines is 1. The van der Waals surface area contributed by atoms with E-state index in [2.05, 4.69) is 38.1 Å². The molecule has 0 radical (unpaired) electrons. The van der Waals surface area contributed by atoms with Crippen molar-refractivity contribution in [3.05, 3.63) is 27.1 Å². The number of nitrogens with zero attached hydrogens (tertiary/aromatic N) is 6. The Morgan fingerprint density at radius 1 is 1.30 bits per heavy atom. The topological polar surface area (TPSA) is 307 Å². The summed E-state index contributed by atoms with van der Waals surface area (Å²) in [4.78, 5) is 60.5. The Bertz CT molecular complexity index is 1300. The van der Waals surface area contributed by atoms with Gasteiger partial charge in [0.2, 0.25) is 5.95 Å². The second-order valence-corrected chi connectivity index (χ2v) is 10.7. The molecular weight excluding hydrogens is 517 g/mol. The maximum Gasteiger partial charge on any atom is 0.490 e. The van der Waals surface area contributed by atoms with E-state index in [0.29, 0.717) is 0 Å². The number of phosphoric acid groups is 3. The second kappa shape index (κ2) is 9.23. The lowest BCUT2D eigenvalue weighted by Crippen LogP contribution is -2.24. The number of nitrogen functional groups attached to an aromatic ring is 1. The zero-order valence-corrected chi connectivity index (χ0v) is 18.6. The highest BCUT2D eigenvalue weighted by atomic mass is 31.3. The van der Waals surface area contributed by atoms with Gasteiger partial charge in [-0.15, -0.1) is 0 Å². The van der Waals surface area contributed by atoms with Crippen LogP contribution < -0.4 is 11.3 Å². The molecule has 2 aromatic heterocycles. The van der Waals surface area contributed by atoms with Crippen LogP contribution in [0.4, 0.5) is 5.95 Å². The molecule has 5 atom stereocenters. The van der Waals surface area contributed by atoms with Crippen LogP contribution in [0.1, 0.15) is 12.6 Å². The van der Waals surface area contributed by atoms with Gasteiger partial charge in [-0.05, 0) is 5.53 Å². The van der Waals surface area contributed by atoms with E-state index < -0.39 is 54.0 Å². The predicted molar refractivity (Wildman–Crippen MR) is 104 cm³/mol. The van der Waals surface area contributed by atoms with Crippen LogP contribution in [0.25, 0.3) is 21.6 Å². The zero-order chi connectivity index (χ0) is 24.6. The summed E-state index contributed by atoms with van der Waals surface area (Å²) in [5, 5.41) is 3.49. The van der Waals surface area contributed by atoms with Crippen LogP contribution in [0.2, 0.25) is 0 Å². The molecule has 3 heterocycles. The van der Waals surface area contributed by atoms with Crippen molar-refractivity contribution in [2.75, 3.05) is 12.3 Å². The normalized spacial score (nSPS) is 24.8. The number of imidazole rings is 1. The molecule has 20 nitrogen and oxygen atoms in total. The number of azide groups is 1. The lowest BCUT2D eigenvalue weighted by atomic mass is 10.1. The molecule has 33 heavy (non-hydrogen) atoms. The van der Waals surface area contributed by atoms with Gasteiger partial charge >= 0.3 is 23.5 Å². The molecule has 7 N–H and O–H groups in total. The number of aromatic nitrogens is 4. The lowest BCUT2D eigenvalue weighted by Gasteiger charge is -2.19. The Morgan fingerprint density at radius 2 is 2.00 bits per heavy atom. The predicted octanol–water partition coefficient (Wildman–Crippen LogP) is 0.0115. The van der Waals surface area contributed by atoms with Gasteiger partial charge in [-0.2, -0.15) is 13.6 Å². The molecule has 1 fully saturated rings. The van der Waals surface area contributed by atoms with Gasteiger partial charge in [-0.1, -0.05) is 5.11 Å². The smallest absolute Gasteiger partial charge is 0.369 e. The van der Waals surface area contributed by atoms with Gasteiger partial charge in [0.1, 0.15) is 6.23 Å². The fraction of sp³-hybridized carbons (Fsp3) is 0.500. The minimum Gasteiger partial charge on any atom is -0.369 e. The molecule has 0 aromatic carbocycles. The first kappa shape index (κ1) is 25.5. The first-order valence-electron chi connectivity index (χ1n) is 8.40. The summed E-state index contributed by atoms with van der Waals surface area (Å²) in [7, 11) is -16.7. The SMILES string of the molecule is [N-]=[N+]=NC1C[C@H](n2cnc3c(=O)[nH]c(N)nc32)O[C@@H]1COP(=O)(O)OP(=O)(O)OP(=O)(O)O. The molecule has 1 saturated heterocycles. The summed E-state index contributed by atoms with van der Waals surface area (Å²) in [6, 6.07) is -0.996. The van der Waals surface area contributed by atoms with Crippen molar-refractivity contribution in [2.24, 2.45) is 5.11 Å². The van der Waals surface area contributed by atoms with Gasteiger partial charge in [0.15, 0.2) is 11.2 Å². The summed E-state index contributed by atoms with van der Waals surface area (Å²) in [6.45, 7) is -0.841. The number of hydrogen-bond donors (Lipinski definition) is 6. The van der Waals surface area contributed by atoms with Gasteiger partial charge in [-0.25, -0.2) is 18.7 Å². The maximum atomic E-state index is 11.9. The van der Waals surface area contributed by atoms with Gasteiger partial charge in [0.05, 0.1) is 25.1 Å². The first-order chi connectivity index (χ1) is 15.2. The summed E-state index contributed by atoms with van der Waals surface area (Å²) in [5.74, 6) is -0.206. The van der Waals surface area contributed by atoms with E-state index in [-0.39, 0.29) is 23.5 Å². The van der Waals surface area contributed by atoms with Gasteiger partial charge in [0.25, 0.3) is 5.56 Å². The van der Waals surface area contributed by atoms with E-state index in [4.69, 9.17) is 25.8 Å². The molecule has 0 bridgehead atoms. The van der Waals surface area contributed by atoms with Gasteiger partial charge < -0.3 is 30.0 Å². The first-order valence-corrected chi connectivity index (χ1v) is 12.9. The molecule has 3 unspecified atom stereocenters. The molecule has 1 aliphatic rings. The van der Waals surface area contributed by atoms with Crippen LogP contribution in [0, 0.1) is 0 Å². The lowest BCUT2D eigenvalue weighted by molar-refractivity contribution is -0.0230. The number of phosphoric ester groups is 1. The van der Waals surface area contributed by atoms with E-state index in [1.54, 1.807) is 0 Å². The zero-order valence-electron chi connectivity index (χ0n) is 15.9. The molecule has 0 spiro atoms. The standard InChI is InChI=1S/C10H15N8O12P3/c11-10-14-8-7(9(19)15-10)13-3-18(8)6-1-4(16-17-12)5(28-6)2-27-32(23,24)30-33(25,26)29-31(20,21)22/h3-6H,1-2H2,(H,23,24)(H,25,26)(H2,20,21,22)(H3,11,14,15,19)/t4?,5-,6-/m1/s1. The van der Waals surface area contributed by atoms with E-state index >= 15 is 0 Å². The van der Waals surface area contributed by atoms with Crippen molar-refractivity contribution in [1.29, 1.82) is 0 Å². The molecule has 1 aliphatic heterocycles. The third kappa shape index (κ3) is 6.45. The highest BCUT2D eigenvalue weighted by Crippen LogP contribution is 2.66. The summed E-state index contributed by atoms with van der Waals surface area (Å²) >= 11 is 0. The van der Waals surface area contributed by atoms with Crippen molar-refractivity contribution in [3.63, 3.8) is 0 Å². The summed E-state index contributed by atoms with van der Waals surface area (Å²) in [5.41, 5.74) is 13.7. The molecule has 0 saturated carbocycles. The molecule has 3 rings (SSSR count). The second-order valence-electron chi connectivity index (χ2n) is 6.30. The van der Waals surface area contributed by atoms with Crippen LogP contribution in [0.5, 0.6) is 0 Å². The molecule has 23 heteroatoms. The third-order valence-corrected chi connectivity index (χ3v) is 7.79. The van der Waals surface area contributed by atoms with Gasteiger partial charge in [0, 0.05) is 11.3 Å². The van der Waals surface area contributed by atoms with Crippen LogP contribution in [-0.2, 0) is 31.6 Å². The Kier molecular flexibility index (Phi) is 7.12. The van der Waals surface area contributed by atoms with Crippen molar-refractivity contribution in [2.45, 2.75) is 24.8 Å². The highest BCUT2D eigenvalue weighted by molar-refractivity contribution is 7.66. The Hall–Kier alpha value is -2.17. The Balaban J connectivity index is 1.75. The number of ether oxygens (including phenoxy) is 1. The van der Waals surface area contributed by atoms with Crippen molar-refractivity contribution in [1.82, 2.24) is 19.5 Å². The van der Waals surface area contributed by atoms with E-state index in [1.165, 1.54) is 10.9 Å². The van der Waals surface area contributed by atoms with Crippen molar-refractivity contribution >= 4 is 40.6 Å². The number of H-pyrrole nitrogens is 1. The number of rotatable bonds is 9. The molecular formula is C10H15N8O12P3. The average molecular weight is 532 g/mol. The molecule has 2 aromatic rings. The third-order valence-electron chi connectivity index (χ3n) is 3.98. The van der Waals surface area contributed by atoms with Gasteiger partial charge in [-0.3, -0.25) is 18.9 Å². The van der Waals surface area contributed by atoms with E-state index in [0.717, 1.165) is 0 Å². The maximum absolute atomic E-state index is 11.9. The number of nitrogens with one attached hydrogen (secondary N) is 1. The quantitative estimate of drug-likeness (QED) is 0.107. The minimum absolute atomic E-state index is 0.0334. The van der Waals surface area contributed by atoms with Crippen LogP contribution >= 0.6 is 23.5 Å². The largest absolute Gasteiger partial charge is 0.490 e. The summed E-state index contributed by atoms with van der Waals surface area (Å²) in [6.07, 6.45) is -0.996. The molecule has 0 amide bonds. The fourth-order valence-corrected chi connectivity index (χ4v) is 5.88. The highest BCUT2D eigenvalue weighted by Gasteiger charge is 2.43. The van der Waals surface area contributed by atoms with Crippen molar-refractivity contribution in [3.8, 4) is 0 Å². The van der Waals surface area contributed by atoms with Crippen LogP contribution in [0.3, 0.4) is 0 Å². The fourth-order valence-electron chi connectivity index (χ4n) is 2.85. The number of fused-ring (bicyclic) bond motifs is 1. The number of nitrogens with two attached hydrogens (primary N) is 1. The van der Waals surface area contributed by atoms with E-state index in [9.17, 15) is 28.3 Å². The summed E-state index contributed by atoms with van der Waals surface area (Å²) < 4.78 is 52.6. The van der Waals surface area contributed by atoms with E-state index in [1.807, 2.05) is 0 Å². The van der Waals surface area contributed by atoms with Crippen LogP contribution in [0.15, 0.2) is 16.2 Å². The average Bonchev–Trinajstić information content (AvgIpc) is 3.21. The number of hydrogen-bond acceptors (Lipinski definition) is 12. The Morgan fingerprint density at radius 3 is 2.64 bits per heavy atom.